The summed E-state index contributed by atoms with van der Waals surface area (Å²) < 4.78 is 51.7. The summed E-state index contributed by atoms with van der Waals surface area (Å²) in [5.74, 6) is 0. The van der Waals surface area contributed by atoms with Crippen molar-refractivity contribution in [1.82, 2.24) is 4.72 Å². The second kappa shape index (κ2) is 7.45. The van der Waals surface area contributed by atoms with E-state index in [-0.39, 0.29) is 9.79 Å². The zero-order chi connectivity index (χ0) is 18.8. The van der Waals surface area contributed by atoms with Crippen molar-refractivity contribution in [2.24, 2.45) is 0 Å². The largest absolute Gasteiger partial charge is 0.241 e. The summed E-state index contributed by atoms with van der Waals surface area (Å²) >= 11 is 5.87. The third kappa shape index (κ3) is 4.82. The number of sulfone groups is 1. The van der Waals surface area contributed by atoms with Crippen LogP contribution in [0.4, 0.5) is 0 Å². The van der Waals surface area contributed by atoms with Crippen LogP contribution >= 0.6 is 11.6 Å². The average Bonchev–Trinajstić information content (AvgIpc) is 2.52. The van der Waals surface area contributed by atoms with Crippen molar-refractivity contribution in [3.63, 3.8) is 0 Å². The first-order valence-electron chi connectivity index (χ1n) is 7.63. The lowest BCUT2D eigenvalue weighted by molar-refractivity contribution is 0.549. The van der Waals surface area contributed by atoms with Gasteiger partial charge in [-0.05, 0) is 48.7 Å². The van der Waals surface area contributed by atoms with E-state index < -0.39 is 25.9 Å². The molecule has 0 amide bonds. The van der Waals surface area contributed by atoms with Crippen LogP contribution in [0.3, 0.4) is 0 Å². The van der Waals surface area contributed by atoms with E-state index in [2.05, 4.69) is 4.72 Å². The molecule has 0 saturated carbocycles. The Bertz CT molecular complexity index is 968. The van der Waals surface area contributed by atoms with Crippen molar-refractivity contribution in [2.45, 2.75) is 36.1 Å². The minimum absolute atomic E-state index is 0.0296. The third-order valence-corrected chi connectivity index (χ3v) is 6.83. The molecular weight excluding hydrogens is 382 g/mol. The quantitative estimate of drug-likeness (QED) is 0.803. The number of rotatable bonds is 6. The summed E-state index contributed by atoms with van der Waals surface area (Å²) in [6.45, 7) is 3.49. The lowest BCUT2D eigenvalue weighted by Crippen LogP contribution is -2.29. The summed E-state index contributed by atoms with van der Waals surface area (Å²) in [6, 6.07) is 10.6. The van der Waals surface area contributed by atoms with Crippen LogP contribution in [0.2, 0.25) is 5.02 Å². The number of aryl methyl sites for hydroxylation is 1. The summed E-state index contributed by atoms with van der Waals surface area (Å²) in [5, 5.41) is 0.568. The first kappa shape index (κ1) is 19.9. The maximum absolute atomic E-state index is 12.8. The van der Waals surface area contributed by atoms with Gasteiger partial charge in [-0.3, -0.25) is 0 Å². The Hall–Kier alpha value is -1.41. The van der Waals surface area contributed by atoms with Crippen molar-refractivity contribution in [1.29, 1.82) is 0 Å². The summed E-state index contributed by atoms with van der Waals surface area (Å²) in [5.41, 5.74) is 1.26. The highest BCUT2D eigenvalue weighted by atomic mass is 35.5. The molecule has 1 atom stereocenters. The second-order valence-electron chi connectivity index (χ2n) is 5.83. The van der Waals surface area contributed by atoms with Crippen molar-refractivity contribution in [3.05, 3.63) is 58.6 Å². The molecule has 2 aromatic rings. The van der Waals surface area contributed by atoms with Gasteiger partial charge >= 0.3 is 0 Å². The van der Waals surface area contributed by atoms with E-state index in [1.165, 1.54) is 18.2 Å². The zero-order valence-electron chi connectivity index (χ0n) is 14.2. The van der Waals surface area contributed by atoms with Gasteiger partial charge in [-0.2, -0.15) is 0 Å². The van der Waals surface area contributed by atoms with Gasteiger partial charge in [0.25, 0.3) is 0 Å². The number of nitrogens with one attached hydrogen (secondary N) is 1. The number of hydrogen-bond acceptors (Lipinski definition) is 4. The van der Waals surface area contributed by atoms with Crippen LogP contribution in [0.15, 0.2) is 52.3 Å². The van der Waals surface area contributed by atoms with Gasteiger partial charge in [0, 0.05) is 17.3 Å². The highest BCUT2D eigenvalue weighted by molar-refractivity contribution is 7.91. The van der Waals surface area contributed by atoms with Crippen LogP contribution in [-0.2, 0) is 19.9 Å². The normalized spacial score (nSPS) is 13.6. The molecule has 2 rings (SSSR count). The lowest BCUT2D eigenvalue weighted by Gasteiger charge is -2.19. The van der Waals surface area contributed by atoms with Gasteiger partial charge in [0.05, 0.1) is 9.79 Å². The Morgan fingerprint density at radius 2 is 1.64 bits per heavy atom. The number of hydrogen-bond donors (Lipinski definition) is 1. The van der Waals surface area contributed by atoms with Crippen molar-refractivity contribution >= 4 is 31.5 Å². The number of halogens is 1. The van der Waals surface area contributed by atoms with Crippen molar-refractivity contribution in [3.8, 4) is 0 Å². The Morgan fingerprint density at radius 1 is 1.04 bits per heavy atom. The maximum Gasteiger partial charge on any atom is 0.241 e. The number of sulfonamides is 1. The van der Waals surface area contributed by atoms with E-state index >= 15 is 0 Å². The molecule has 0 aliphatic heterocycles. The molecule has 0 bridgehead atoms. The Morgan fingerprint density at radius 3 is 2.16 bits per heavy atom. The van der Waals surface area contributed by atoms with E-state index in [0.717, 1.165) is 11.8 Å². The fourth-order valence-electron chi connectivity index (χ4n) is 2.43. The highest BCUT2D eigenvalue weighted by Gasteiger charge is 2.23. The van der Waals surface area contributed by atoms with Crippen LogP contribution in [-0.4, -0.2) is 23.1 Å². The first-order valence-corrected chi connectivity index (χ1v) is 11.4. The Balaban J connectivity index is 2.42. The highest BCUT2D eigenvalue weighted by Crippen LogP contribution is 2.25. The summed E-state index contributed by atoms with van der Waals surface area (Å²) in [7, 11) is -7.39. The molecule has 136 valence electrons. The molecule has 0 saturated heterocycles. The standard InChI is InChI=1S/C17H20ClNO4S2/c1-4-16(13-6-8-14(18)9-7-13)19-25(22,23)17-11-15(24(3,20)21)10-5-12(17)2/h5-11,16,19H,4H2,1-3H3. The van der Waals surface area contributed by atoms with Gasteiger partial charge in [0.1, 0.15) is 0 Å². The molecule has 2 aromatic carbocycles. The molecule has 0 aromatic heterocycles. The van der Waals surface area contributed by atoms with E-state index in [1.54, 1.807) is 31.2 Å². The van der Waals surface area contributed by atoms with Crippen LogP contribution in [0.5, 0.6) is 0 Å². The third-order valence-electron chi connectivity index (χ3n) is 3.86. The summed E-state index contributed by atoms with van der Waals surface area (Å²) in [4.78, 5) is -0.0687. The Kier molecular flexibility index (Phi) is 5.93. The van der Waals surface area contributed by atoms with Crippen LogP contribution < -0.4 is 4.72 Å². The molecule has 1 unspecified atom stereocenters. The molecule has 25 heavy (non-hydrogen) atoms. The van der Waals surface area contributed by atoms with E-state index in [1.807, 2.05) is 6.92 Å². The van der Waals surface area contributed by atoms with Gasteiger partial charge in [0.15, 0.2) is 9.84 Å². The predicted octanol–water partition coefficient (Wildman–Crippen LogP) is 3.48. The Labute approximate surface area is 154 Å². The van der Waals surface area contributed by atoms with Crippen molar-refractivity contribution in [2.75, 3.05) is 6.26 Å². The number of benzene rings is 2. The molecule has 0 fully saturated rings. The monoisotopic (exact) mass is 401 g/mol. The molecule has 0 spiro atoms. The topological polar surface area (TPSA) is 80.3 Å². The van der Waals surface area contributed by atoms with Gasteiger partial charge in [-0.25, -0.2) is 21.6 Å². The fraction of sp³-hybridized carbons (Fsp3) is 0.294. The molecule has 0 radical (unpaired) electrons. The first-order chi connectivity index (χ1) is 11.5. The van der Waals surface area contributed by atoms with E-state index in [9.17, 15) is 16.8 Å². The van der Waals surface area contributed by atoms with Crippen LogP contribution in [0.25, 0.3) is 0 Å². The van der Waals surface area contributed by atoms with Crippen LogP contribution in [0, 0.1) is 6.92 Å². The lowest BCUT2D eigenvalue weighted by atomic mass is 10.1. The average molecular weight is 402 g/mol. The van der Waals surface area contributed by atoms with Crippen LogP contribution in [0.1, 0.15) is 30.5 Å². The molecule has 0 aliphatic carbocycles. The zero-order valence-corrected chi connectivity index (χ0v) is 16.5. The van der Waals surface area contributed by atoms with E-state index in [0.29, 0.717) is 17.0 Å². The second-order valence-corrected chi connectivity index (χ2v) is 9.97. The van der Waals surface area contributed by atoms with Gasteiger partial charge in [-0.15, -0.1) is 0 Å². The maximum atomic E-state index is 12.8. The predicted molar refractivity (Wildman–Crippen MR) is 99.1 cm³/mol. The smallest absolute Gasteiger partial charge is 0.224 e. The summed E-state index contributed by atoms with van der Waals surface area (Å²) in [6.07, 6.45) is 1.58. The molecule has 0 heterocycles. The van der Waals surface area contributed by atoms with E-state index in [4.69, 9.17) is 11.6 Å². The molecular formula is C17H20ClNO4S2. The fourth-order valence-corrected chi connectivity index (χ4v) is 4.86. The SMILES string of the molecule is CCC(NS(=O)(=O)c1cc(S(C)(=O)=O)ccc1C)c1ccc(Cl)cc1. The molecule has 5 nitrogen and oxygen atoms in total. The van der Waals surface area contributed by atoms with Gasteiger partial charge in [0.2, 0.25) is 10.0 Å². The van der Waals surface area contributed by atoms with Gasteiger partial charge in [-0.1, -0.05) is 36.7 Å². The molecule has 0 aliphatic rings. The minimum Gasteiger partial charge on any atom is -0.224 e. The molecule has 1 N–H and O–H groups in total. The molecule has 8 heteroatoms. The van der Waals surface area contributed by atoms with Gasteiger partial charge < -0.3 is 0 Å². The minimum atomic E-state index is -3.89. The van der Waals surface area contributed by atoms with Crippen molar-refractivity contribution < 1.29 is 16.8 Å².